The number of carbonyl (C=O) groups is 3. The first-order chi connectivity index (χ1) is 21.4. The molecule has 0 radical (unpaired) electrons. The number of alkyl halides is 3. The van der Waals surface area contributed by atoms with Gasteiger partial charge < -0.3 is 37.6 Å². The Bertz CT molecular complexity index is 1430. The van der Waals surface area contributed by atoms with Crippen molar-refractivity contribution in [3.63, 3.8) is 0 Å². The summed E-state index contributed by atoms with van der Waals surface area (Å²) in [6.07, 6.45) is -2.40. The summed E-state index contributed by atoms with van der Waals surface area (Å²) in [4.78, 5) is 43.7. The van der Waals surface area contributed by atoms with Crippen molar-refractivity contribution in [2.24, 2.45) is 17.2 Å². The molecule has 9 N–H and O–H groups in total. The van der Waals surface area contributed by atoms with Crippen molar-refractivity contribution < 1.29 is 32.0 Å². The van der Waals surface area contributed by atoms with Gasteiger partial charge in [0.05, 0.1) is 56.2 Å². The lowest BCUT2D eigenvalue weighted by atomic mass is 10.0. The van der Waals surface area contributed by atoms with E-state index in [1.807, 2.05) is 31.3 Å². The van der Waals surface area contributed by atoms with E-state index in [1.54, 1.807) is 6.07 Å². The number of benzene rings is 2. The van der Waals surface area contributed by atoms with Gasteiger partial charge in [-0.3, -0.25) is 19.4 Å². The van der Waals surface area contributed by atoms with Crippen LogP contribution in [0.3, 0.4) is 0 Å². The number of likely N-dealkylation sites (N-methyl/N-ethyl adjacent to an activating group) is 1. The van der Waals surface area contributed by atoms with Crippen molar-refractivity contribution in [3.8, 4) is 0 Å². The van der Waals surface area contributed by atoms with Gasteiger partial charge in [0.1, 0.15) is 12.1 Å². The van der Waals surface area contributed by atoms with Gasteiger partial charge >= 0.3 is 6.18 Å². The number of nitrogens with zero attached hydrogens (tertiary/aromatic N) is 2. The maximum absolute atomic E-state index is 13.6. The molecule has 2 aromatic carbocycles. The average molecular weight is 632 g/mol. The van der Waals surface area contributed by atoms with Crippen molar-refractivity contribution in [2.75, 3.05) is 51.6 Å². The number of fused-ring (bicyclic) bond motifs is 1. The molecule has 0 aliphatic carbocycles. The molecule has 1 aromatic heterocycles. The highest BCUT2D eigenvalue weighted by Crippen LogP contribution is 2.29. The minimum Gasteiger partial charge on any atom is -0.343 e. The van der Waals surface area contributed by atoms with Gasteiger partial charge in [-0.25, -0.2) is 0 Å². The van der Waals surface area contributed by atoms with Gasteiger partial charge in [0.25, 0.3) is 0 Å². The second-order valence-electron chi connectivity index (χ2n) is 11.2. The van der Waals surface area contributed by atoms with Gasteiger partial charge in [0.15, 0.2) is 0 Å². The third kappa shape index (κ3) is 10.8. The van der Waals surface area contributed by atoms with E-state index >= 15 is 0 Å². The minimum atomic E-state index is -4.52. The van der Waals surface area contributed by atoms with Crippen LogP contribution >= 0.6 is 0 Å². The summed E-state index contributed by atoms with van der Waals surface area (Å²) in [5, 5.41) is 8.84. The molecule has 0 aliphatic rings. The van der Waals surface area contributed by atoms with Crippen molar-refractivity contribution in [1.82, 2.24) is 15.6 Å². The maximum Gasteiger partial charge on any atom is 0.416 e. The van der Waals surface area contributed by atoms with E-state index in [2.05, 4.69) is 20.9 Å². The van der Waals surface area contributed by atoms with Crippen LogP contribution in [0.4, 0.5) is 18.9 Å². The molecule has 244 valence electrons. The van der Waals surface area contributed by atoms with Crippen molar-refractivity contribution in [1.29, 1.82) is 0 Å². The molecule has 3 rings (SSSR count). The van der Waals surface area contributed by atoms with Crippen LogP contribution in [-0.2, 0) is 27.0 Å². The number of aromatic nitrogens is 1. The van der Waals surface area contributed by atoms with E-state index in [-0.39, 0.29) is 19.4 Å². The number of anilines is 1. The van der Waals surface area contributed by atoms with E-state index in [0.29, 0.717) is 54.9 Å². The highest BCUT2D eigenvalue weighted by molar-refractivity contribution is 5.99. The van der Waals surface area contributed by atoms with Crippen LogP contribution < -0.4 is 33.2 Å². The average Bonchev–Trinajstić information content (AvgIpc) is 3.00. The second kappa shape index (κ2) is 16.3. The monoisotopic (exact) mass is 631 g/mol. The lowest BCUT2D eigenvalue weighted by Gasteiger charge is -2.34. The number of halogens is 3. The highest BCUT2D eigenvalue weighted by atomic mass is 19.4. The van der Waals surface area contributed by atoms with Crippen LogP contribution in [0, 0.1) is 0 Å². The first kappa shape index (κ1) is 35.4. The molecular formula is C31H42F3N8O3+. The van der Waals surface area contributed by atoms with E-state index < -0.39 is 41.5 Å². The van der Waals surface area contributed by atoms with E-state index in [9.17, 15) is 27.6 Å². The smallest absolute Gasteiger partial charge is 0.343 e. The van der Waals surface area contributed by atoms with Crippen molar-refractivity contribution in [2.45, 2.75) is 37.5 Å². The zero-order valence-corrected chi connectivity index (χ0v) is 25.3. The zero-order valence-electron chi connectivity index (χ0n) is 25.3. The van der Waals surface area contributed by atoms with Crippen LogP contribution in [-0.4, -0.2) is 85.6 Å². The summed E-state index contributed by atoms with van der Waals surface area (Å²) < 4.78 is 40.0. The second-order valence-corrected chi connectivity index (χ2v) is 11.2. The molecule has 0 aliphatic heterocycles. The molecule has 0 unspecified atom stereocenters. The fourth-order valence-corrected chi connectivity index (χ4v) is 5.07. The Morgan fingerprint density at radius 1 is 0.889 bits per heavy atom. The van der Waals surface area contributed by atoms with Gasteiger partial charge in [-0.05, 0) is 42.7 Å². The van der Waals surface area contributed by atoms with Gasteiger partial charge in [0.2, 0.25) is 17.7 Å². The number of para-hydroxylation sites is 1. The molecule has 0 saturated heterocycles. The normalized spacial score (nSPS) is 13.2. The minimum absolute atomic E-state index is 0.115. The van der Waals surface area contributed by atoms with Crippen LogP contribution in [0.25, 0.3) is 10.9 Å². The SMILES string of the molecule is C[N+](CCN)(CCN)CCC[C@H](NC(=O)CN)C(=O)N[C@@H](Cc1ccc(C(F)(F)F)cc1)C(=O)Nc1cnc2ccccc2c1. The summed E-state index contributed by atoms with van der Waals surface area (Å²) >= 11 is 0. The Hall–Kier alpha value is -4.11. The number of hydrogen-bond acceptors (Lipinski definition) is 7. The predicted molar refractivity (Wildman–Crippen MR) is 167 cm³/mol. The fraction of sp³-hybridized carbons (Fsp3) is 0.419. The van der Waals surface area contributed by atoms with Crippen LogP contribution in [0.1, 0.15) is 24.0 Å². The topological polar surface area (TPSA) is 178 Å². The van der Waals surface area contributed by atoms with Crippen molar-refractivity contribution in [3.05, 3.63) is 71.9 Å². The Morgan fingerprint density at radius 2 is 1.56 bits per heavy atom. The van der Waals surface area contributed by atoms with E-state index in [1.165, 1.54) is 18.3 Å². The van der Waals surface area contributed by atoms with Gasteiger partial charge in [-0.1, -0.05) is 30.3 Å². The summed E-state index contributed by atoms with van der Waals surface area (Å²) in [5.41, 5.74) is 17.7. The molecule has 3 aromatic rings. The predicted octanol–water partition coefficient (Wildman–Crippen LogP) is 1.51. The first-order valence-electron chi connectivity index (χ1n) is 14.7. The summed E-state index contributed by atoms with van der Waals surface area (Å²) in [5.74, 6) is -1.80. The lowest BCUT2D eigenvalue weighted by Crippen LogP contribution is -2.55. The zero-order chi connectivity index (χ0) is 33.0. The summed E-state index contributed by atoms with van der Waals surface area (Å²) in [6, 6.07) is 11.2. The molecule has 0 fully saturated rings. The molecule has 3 amide bonds. The van der Waals surface area contributed by atoms with Gasteiger partial charge in [-0.2, -0.15) is 13.2 Å². The lowest BCUT2D eigenvalue weighted by molar-refractivity contribution is -0.907. The van der Waals surface area contributed by atoms with Crippen LogP contribution in [0.5, 0.6) is 0 Å². The standard InChI is InChI=1S/C31H41F3N8O3/c1-42(15-12-35,16-13-36)14-4-7-26(40-28(43)19-37)29(44)41-27(17-21-8-10-23(11-9-21)31(32,33)34)30(45)39-24-18-22-5-2-3-6-25(22)38-20-24/h2-3,5-6,8-11,18,20,26-27H,4,7,12-17,19,35-37H2,1H3,(H2-,39,40,41,43,44,45)/p+1/t26-,27-/m0/s1. The van der Waals surface area contributed by atoms with Crippen LogP contribution in [0.2, 0.25) is 0 Å². The Balaban J connectivity index is 1.83. The molecule has 14 heteroatoms. The quantitative estimate of drug-likeness (QED) is 0.130. The third-order valence-corrected chi connectivity index (χ3v) is 7.58. The molecular weight excluding hydrogens is 589 g/mol. The number of nitrogens with one attached hydrogen (secondary N) is 3. The van der Waals surface area contributed by atoms with E-state index in [4.69, 9.17) is 17.2 Å². The molecule has 0 spiro atoms. The van der Waals surface area contributed by atoms with Crippen molar-refractivity contribution >= 4 is 34.3 Å². The number of rotatable bonds is 16. The maximum atomic E-state index is 13.6. The number of hydrogen-bond donors (Lipinski definition) is 6. The number of nitrogens with two attached hydrogens (primary N) is 3. The molecule has 45 heavy (non-hydrogen) atoms. The largest absolute Gasteiger partial charge is 0.416 e. The summed E-state index contributed by atoms with van der Waals surface area (Å²) in [7, 11) is 2.01. The first-order valence-corrected chi connectivity index (χ1v) is 14.7. The number of quaternary nitrogens is 1. The van der Waals surface area contributed by atoms with Crippen LogP contribution in [0.15, 0.2) is 60.8 Å². The molecule has 0 bridgehead atoms. The van der Waals surface area contributed by atoms with Gasteiger partial charge in [-0.15, -0.1) is 0 Å². The fourth-order valence-electron chi connectivity index (χ4n) is 5.07. The Kier molecular flexibility index (Phi) is 12.8. The number of amides is 3. The number of carbonyl (C=O) groups excluding carboxylic acids is 3. The third-order valence-electron chi connectivity index (χ3n) is 7.58. The molecule has 11 nitrogen and oxygen atoms in total. The number of pyridine rings is 1. The highest BCUT2D eigenvalue weighted by Gasteiger charge is 2.31. The van der Waals surface area contributed by atoms with Gasteiger partial charge in [0, 0.05) is 24.9 Å². The molecule has 0 saturated carbocycles. The van der Waals surface area contributed by atoms with E-state index in [0.717, 1.165) is 23.0 Å². The Morgan fingerprint density at radius 3 is 2.18 bits per heavy atom. The Labute approximate surface area is 260 Å². The molecule has 2 atom stereocenters. The summed E-state index contributed by atoms with van der Waals surface area (Å²) in [6.45, 7) is 2.57. The molecule has 1 heterocycles.